The fraction of sp³-hybridized carbons (Fsp3) is 0.0769. The van der Waals surface area contributed by atoms with Crippen LogP contribution >= 0.6 is 0 Å². The summed E-state index contributed by atoms with van der Waals surface area (Å²) in [7, 11) is 1.44. The number of carbonyl (C=O) groups is 1. The molecule has 0 fully saturated rings. The van der Waals surface area contributed by atoms with Gasteiger partial charge in [0.25, 0.3) is 0 Å². The van der Waals surface area contributed by atoms with E-state index >= 15 is 0 Å². The molecular formula is C13H10FNO3. The molecule has 92 valence electrons. The maximum Gasteiger partial charge on any atom is 0.335 e. The molecule has 2 rings (SSSR count). The van der Waals surface area contributed by atoms with Gasteiger partial charge in [-0.25, -0.2) is 9.18 Å². The second-order valence-electron chi connectivity index (χ2n) is 3.55. The Hall–Kier alpha value is -2.43. The molecule has 1 heterocycles. The van der Waals surface area contributed by atoms with Crippen molar-refractivity contribution in [2.45, 2.75) is 0 Å². The molecule has 0 unspecified atom stereocenters. The predicted octanol–water partition coefficient (Wildman–Crippen LogP) is 2.59. The van der Waals surface area contributed by atoms with Crippen LogP contribution in [0.1, 0.15) is 10.4 Å². The van der Waals surface area contributed by atoms with Crippen LogP contribution in [0.25, 0.3) is 11.3 Å². The summed E-state index contributed by atoms with van der Waals surface area (Å²) >= 11 is 0. The van der Waals surface area contributed by atoms with Crippen molar-refractivity contribution in [1.82, 2.24) is 4.98 Å². The second-order valence-corrected chi connectivity index (χ2v) is 3.55. The van der Waals surface area contributed by atoms with Crippen molar-refractivity contribution in [3.63, 3.8) is 0 Å². The molecule has 0 saturated carbocycles. The maximum absolute atomic E-state index is 13.7. The van der Waals surface area contributed by atoms with Gasteiger partial charge in [-0.1, -0.05) is 0 Å². The van der Waals surface area contributed by atoms with E-state index in [9.17, 15) is 9.18 Å². The maximum atomic E-state index is 13.7. The van der Waals surface area contributed by atoms with Gasteiger partial charge >= 0.3 is 5.97 Å². The lowest BCUT2D eigenvalue weighted by Gasteiger charge is -2.08. The van der Waals surface area contributed by atoms with Crippen LogP contribution in [-0.2, 0) is 0 Å². The lowest BCUT2D eigenvalue weighted by molar-refractivity contribution is 0.0697. The number of carboxylic acid groups (broad SMARTS) is 1. The summed E-state index contributed by atoms with van der Waals surface area (Å²) < 4.78 is 18.8. The molecule has 1 N–H and O–H groups in total. The number of pyridine rings is 1. The van der Waals surface area contributed by atoms with Gasteiger partial charge in [0.1, 0.15) is 17.3 Å². The van der Waals surface area contributed by atoms with E-state index in [1.165, 1.54) is 25.4 Å². The quantitative estimate of drug-likeness (QED) is 0.905. The molecule has 1 aromatic carbocycles. The molecule has 0 amide bonds. The molecule has 0 saturated heterocycles. The van der Waals surface area contributed by atoms with E-state index in [1.54, 1.807) is 12.1 Å². The lowest BCUT2D eigenvalue weighted by atomic mass is 10.1. The Labute approximate surface area is 103 Å². The van der Waals surface area contributed by atoms with Crippen molar-refractivity contribution < 1.29 is 19.0 Å². The largest absolute Gasteiger partial charge is 0.494 e. The summed E-state index contributed by atoms with van der Waals surface area (Å²) in [5.41, 5.74) is 0.382. The molecule has 0 aliphatic heterocycles. The Bertz CT molecular complexity index is 599. The molecule has 4 nitrogen and oxygen atoms in total. The van der Waals surface area contributed by atoms with Crippen LogP contribution in [0, 0.1) is 5.82 Å². The third-order valence-electron chi connectivity index (χ3n) is 2.46. The zero-order valence-electron chi connectivity index (χ0n) is 9.55. The number of aromatic nitrogens is 1. The number of methoxy groups -OCH3 is 1. The zero-order valence-corrected chi connectivity index (χ0v) is 9.55. The number of halogens is 1. The average molecular weight is 247 g/mol. The summed E-state index contributed by atoms with van der Waals surface area (Å²) in [5.74, 6) is -1.28. The van der Waals surface area contributed by atoms with E-state index in [1.807, 2.05) is 0 Å². The van der Waals surface area contributed by atoms with Gasteiger partial charge in [-0.2, -0.15) is 0 Å². The molecule has 2 aromatic rings. The van der Waals surface area contributed by atoms with Crippen molar-refractivity contribution in [2.24, 2.45) is 0 Å². The zero-order chi connectivity index (χ0) is 13.1. The fourth-order valence-electron chi connectivity index (χ4n) is 1.60. The minimum absolute atomic E-state index is 0.000828. The van der Waals surface area contributed by atoms with E-state index in [0.717, 1.165) is 6.07 Å². The topological polar surface area (TPSA) is 59.4 Å². The summed E-state index contributed by atoms with van der Waals surface area (Å²) in [6, 6.07) is 6.84. The first-order valence-corrected chi connectivity index (χ1v) is 5.15. The van der Waals surface area contributed by atoms with E-state index in [0.29, 0.717) is 5.75 Å². The highest BCUT2D eigenvalue weighted by molar-refractivity contribution is 5.89. The van der Waals surface area contributed by atoms with Gasteiger partial charge < -0.3 is 9.84 Å². The molecule has 0 aliphatic carbocycles. The highest BCUT2D eigenvalue weighted by Crippen LogP contribution is 2.29. The lowest BCUT2D eigenvalue weighted by Crippen LogP contribution is -1.99. The van der Waals surface area contributed by atoms with Crippen LogP contribution in [0.4, 0.5) is 4.39 Å². The van der Waals surface area contributed by atoms with Gasteiger partial charge in [-0.15, -0.1) is 0 Å². The molecule has 5 heteroatoms. The molecular weight excluding hydrogens is 237 g/mol. The first-order chi connectivity index (χ1) is 8.63. The van der Waals surface area contributed by atoms with Gasteiger partial charge in [0.2, 0.25) is 0 Å². The monoisotopic (exact) mass is 247 g/mol. The van der Waals surface area contributed by atoms with Crippen molar-refractivity contribution in [1.29, 1.82) is 0 Å². The van der Waals surface area contributed by atoms with Gasteiger partial charge in [0, 0.05) is 11.8 Å². The average Bonchev–Trinajstić information content (AvgIpc) is 2.39. The third-order valence-corrected chi connectivity index (χ3v) is 2.46. The normalized spacial score (nSPS) is 10.1. The van der Waals surface area contributed by atoms with Crippen LogP contribution in [0.3, 0.4) is 0 Å². The molecule has 0 spiro atoms. The van der Waals surface area contributed by atoms with E-state index in [4.69, 9.17) is 9.84 Å². The number of aromatic carboxylic acids is 1. The number of hydrogen-bond donors (Lipinski definition) is 1. The fourth-order valence-corrected chi connectivity index (χ4v) is 1.60. The number of benzene rings is 1. The summed E-state index contributed by atoms with van der Waals surface area (Å²) in [6.45, 7) is 0. The highest BCUT2D eigenvalue weighted by atomic mass is 19.1. The SMILES string of the molecule is COc1cccnc1-c1cc(C(=O)O)ccc1F. The predicted molar refractivity (Wildman–Crippen MR) is 63.1 cm³/mol. The molecule has 0 aliphatic rings. The first-order valence-electron chi connectivity index (χ1n) is 5.15. The number of carboxylic acids is 1. The van der Waals surface area contributed by atoms with Crippen molar-refractivity contribution in [2.75, 3.05) is 7.11 Å². The van der Waals surface area contributed by atoms with Crippen LogP contribution in [-0.4, -0.2) is 23.2 Å². The van der Waals surface area contributed by atoms with Gasteiger partial charge in [-0.3, -0.25) is 4.98 Å². The Morgan fingerprint density at radius 2 is 2.17 bits per heavy atom. The number of nitrogens with zero attached hydrogens (tertiary/aromatic N) is 1. The van der Waals surface area contributed by atoms with E-state index in [2.05, 4.69) is 4.98 Å². The molecule has 0 atom stereocenters. The minimum atomic E-state index is -1.12. The smallest absolute Gasteiger partial charge is 0.335 e. The van der Waals surface area contributed by atoms with Crippen molar-refractivity contribution in [3.8, 4) is 17.0 Å². The molecule has 18 heavy (non-hydrogen) atoms. The second kappa shape index (κ2) is 4.83. The van der Waals surface area contributed by atoms with Crippen LogP contribution in [0.15, 0.2) is 36.5 Å². The van der Waals surface area contributed by atoms with Crippen molar-refractivity contribution >= 4 is 5.97 Å². The first kappa shape index (κ1) is 12.0. The molecule has 1 aromatic heterocycles. The third kappa shape index (κ3) is 2.15. The van der Waals surface area contributed by atoms with Crippen LogP contribution in [0.5, 0.6) is 5.75 Å². The number of rotatable bonds is 3. The standard InChI is InChI=1S/C13H10FNO3/c1-18-11-3-2-6-15-12(11)9-7-8(13(16)17)4-5-10(9)14/h2-7H,1H3,(H,16,17). The Kier molecular flexibility index (Phi) is 3.23. The van der Waals surface area contributed by atoms with E-state index in [-0.39, 0.29) is 16.8 Å². The molecule has 0 bridgehead atoms. The Balaban J connectivity index is 2.62. The van der Waals surface area contributed by atoms with E-state index < -0.39 is 11.8 Å². The molecule has 0 radical (unpaired) electrons. The number of hydrogen-bond acceptors (Lipinski definition) is 3. The van der Waals surface area contributed by atoms with Gasteiger partial charge in [0.15, 0.2) is 0 Å². The van der Waals surface area contributed by atoms with Gasteiger partial charge in [-0.05, 0) is 30.3 Å². The van der Waals surface area contributed by atoms with Crippen LogP contribution in [0.2, 0.25) is 0 Å². The summed E-state index contributed by atoms with van der Waals surface area (Å²) in [6.07, 6.45) is 1.49. The Morgan fingerprint density at radius 3 is 2.83 bits per heavy atom. The van der Waals surface area contributed by atoms with Crippen molar-refractivity contribution in [3.05, 3.63) is 47.9 Å². The van der Waals surface area contributed by atoms with Gasteiger partial charge in [0.05, 0.1) is 12.7 Å². The number of ether oxygens (including phenoxy) is 1. The Morgan fingerprint density at radius 1 is 1.39 bits per heavy atom. The summed E-state index contributed by atoms with van der Waals surface area (Å²) in [5, 5.41) is 8.90. The van der Waals surface area contributed by atoms with Crippen LogP contribution < -0.4 is 4.74 Å². The summed E-state index contributed by atoms with van der Waals surface area (Å²) in [4.78, 5) is 14.9. The minimum Gasteiger partial charge on any atom is -0.494 e. The highest BCUT2D eigenvalue weighted by Gasteiger charge is 2.14.